The second-order valence-electron chi connectivity index (χ2n) is 15.0. The van der Waals surface area contributed by atoms with Gasteiger partial charge in [0.25, 0.3) is 0 Å². The molecule has 5 aromatic heterocycles. The summed E-state index contributed by atoms with van der Waals surface area (Å²) < 4.78 is 9.00. The van der Waals surface area contributed by atoms with Crippen LogP contribution in [0.25, 0.3) is 22.4 Å². The Bertz CT molecular complexity index is 1970. The fourth-order valence-electron chi connectivity index (χ4n) is 6.78. The number of aliphatic hydroxyl groups excluding tert-OH is 1. The molecule has 0 aliphatic heterocycles. The number of fused-ring (bicyclic) bond motifs is 1. The van der Waals surface area contributed by atoms with Crippen molar-refractivity contribution in [2.45, 2.75) is 118 Å². The summed E-state index contributed by atoms with van der Waals surface area (Å²) in [6.45, 7) is 13.8. The molecule has 6 rings (SSSR count). The van der Waals surface area contributed by atoms with Crippen LogP contribution in [0.1, 0.15) is 98.1 Å². The van der Waals surface area contributed by atoms with Gasteiger partial charge in [0.15, 0.2) is 17.0 Å². The Morgan fingerprint density at radius 2 is 1.34 bits per heavy atom. The first-order valence-electron chi connectivity index (χ1n) is 21.1. The summed E-state index contributed by atoms with van der Waals surface area (Å²) in [5.74, 6) is 1.15. The van der Waals surface area contributed by atoms with E-state index < -0.39 is 18.4 Å². The number of pyridine rings is 3. The van der Waals surface area contributed by atoms with Crippen molar-refractivity contribution in [1.82, 2.24) is 34.5 Å². The molecule has 12 heteroatoms. The van der Waals surface area contributed by atoms with Crippen LogP contribution >= 0.6 is 15.9 Å². The van der Waals surface area contributed by atoms with Gasteiger partial charge in [-0.05, 0) is 66.0 Å². The van der Waals surface area contributed by atoms with E-state index in [1.165, 1.54) is 51.8 Å². The fraction of sp³-hybridized carbons (Fsp3) is 0.435. The van der Waals surface area contributed by atoms with Gasteiger partial charge in [-0.3, -0.25) is 4.98 Å². The van der Waals surface area contributed by atoms with Gasteiger partial charge in [0.1, 0.15) is 4.60 Å². The normalized spacial score (nSPS) is 11.7. The van der Waals surface area contributed by atoms with Crippen LogP contribution in [0.2, 0.25) is 13.3 Å². The van der Waals surface area contributed by atoms with Crippen LogP contribution in [0.15, 0.2) is 108 Å². The number of imidazole rings is 1. The van der Waals surface area contributed by atoms with Crippen molar-refractivity contribution in [3.63, 3.8) is 0 Å². The van der Waals surface area contributed by atoms with Crippen LogP contribution in [-0.2, 0) is 6.54 Å². The number of nitrogens with one attached hydrogen (secondary N) is 2. The number of benzene rings is 1. The average Bonchev–Trinajstić information content (AvgIpc) is 3.71. The van der Waals surface area contributed by atoms with E-state index in [1.54, 1.807) is 22.4 Å². The molecule has 0 fully saturated rings. The molecule has 1 aromatic carbocycles. The summed E-state index contributed by atoms with van der Waals surface area (Å²) in [5.41, 5.74) is 4.64. The third-order valence-corrected chi connectivity index (χ3v) is 25.9. The summed E-state index contributed by atoms with van der Waals surface area (Å²) in [7, 11) is 0. The van der Waals surface area contributed by atoms with Gasteiger partial charge in [0.05, 0.1) is 24.7 Å². The van der Waals surface area contributed by atoms with Crippen molar-refractivity contribution in [2.75, 3.05) is 17.2 Å². The Morgan fingerprint density at radius 1 is 0.724 bits per heavy atom. The van der Waals surface area contributed by atoms with E-state index in [9.17, 15) is 5.11 Å². The number of anilines is 2. The van der Waals surface area contributed by atoms with E-state index in [0.29, 0.717) is 18.3 Å². The molecule has 0 spiro atoms. The molecule has 0 aliphatic rings. The molecule has 1 atom stereocenters. The monoisotopic (exact) mass is 957 g/mol. The summed E-state index contributed by atoms with van der Waals surface area (Å²) in [4.78, 5) is 27.0. The maximum Gasteiger partial charge on any atom is 0.227 e. The third kappa shape index (κ3) is 14.4. The minimum absolute atomic E-state index is 0.0206. The van der Waals surface area contributed by atoms with Crippen LogP contribution in [-0.4, -0.2) is 70.6 Å². The molecular formula is C46H64BrN9OSn. The number of unbranched alkanes of at least 4 members (excludes halogenated alkanes) is 3. The van der Waals surface area contributed by atoms with Crippen molar-refractivity contribution < 1.29 is 5.11 Å². The molecule has 5 heterocycles. The van der Waals surface area contributed by atoms with Crippen molar-refractivity contribution in [3.8, 4) is 11.3 Å². The Kier molecular flexibility index (Phi) is 20.6. The largest absolute Gasteiger partial charge is 0.394 e. The van der Waals surface area contributed by atoms with Crippen molar-refractivity contribution in [2.24, 2.45) is 0 Å². The fourth-order valence-corrected chi connectivity index (χ4v) is 22.5. The predicted molar refractivity (Wildman–Crippen MR) is 248 cm³/mol. The Labute approximate surface area is 359 Å². The van der Waals surface area contributed by atoms with E-state index in [-0.39, 0.29) is 18.7 Å². The molecule has 0 amide bonds. The first-order chi connectivity index (χ1) is 28.3. The van der Waals surface area contributed by atoms with Crippen LogP contribution in [0.4, 0.5) is 11.8 Å². The van der Waals surface area contributed by atoms with E-state index in [0.717, 1.165) is 39.0 Å². The number of nitrogens with zero attached hydrogens (tertiary/aromatic N) is 7. The molecule has 6 aromatic rings. The predicted octanol–water partition coefficient (Wildman–Crippen LogP) is 11.2. The number of halogens is 1. The Hall–Kier alpha value is -3.94. The number of hydrogen-bond donors (Lipinski definition) is 3. The van der Waals surface area contributed by atoms with Gasteiger partial charge in [-0.25, -0.2) is 9.97 Å². The zero-order valence-electron chi connectivity index (χ0n) is 35.4. The van der Waals surface area contributed by atoms with Gasteiger partial charge in [-0.1, -0.05) is 43.3 Å². The zero-order chi connectivity index (χ0) is 41.6. The second kappa shape index (κ2) is 25.5. The first-order valence-corrected chi connectivity index (χ1v) is 29.4. The van der Waals surface area contributed by atoms with Gasteiger partial charge in [-0.2, -0.15) is 9.97 Å². The topological polar surface area (TPSA) is 127 Å². The number of aromatic nitrogens is 7. The van der Waals surface area contributed by atoms with Crippen LogP contribution in [0, 0.1) is 0 Å². The molecule has 0 radical (unpaired) electrons. The minimum Gasteiger partial charge on any atom is -0.394 e. The molecule has 0 aliphatic carbocycles. The summed E-state index contributed by atoms with van der Waals surface area (Å²) >= 11 is 0.993. The number of aliphatic hydroxyl groups is 1. The second-order valence-corrected chi connectivity index (χ2v) is 28.8. The van der Waals surface area contributed by atoms with E-state index >= 15 is 0 Å². The summed E-state index contributed by atoms with van der Waals surface area (Å²) in [6.07, 6.45) is 16.4. The van der Waals surface area contributed by atoms with E-state index in [2.05, 4.69) is 129 Å². The Balaban J connectivity index is 0.000000240. The number of hydrogen-bond acceptors (Lipinski definition) is 9. The Morgan fingerprint density at radius 3 is 1.83 bits per heavy atom. The standard InChI is InChI=1S/C24H29N7O.C5H4BrN.C5H4N.3C4H9.Sn/c1-4-19(14-32)28-24-29-22(21-23(30-24)31(15-27-21)16(2)3)26-13-17-8-10-18(11-9-17)20-7-5-6-12-25-20;6-5-3-1-2-4-7-5;1-2-4-6-5-3-1;3*1-3-4-2;/h5-12,15-16,19,32H,4,13-14H2,1-3H3,(H2,26,28,29,30);1-4H;1-4H;3*1,3-4H2,2H3;/t19-;;;;;;/m1....../s1. The van der Waals surface area contributed by atoms with Gasteiger partial charge in [-0.15, -0.1) is 0 Å². The summed E-state index contributed by atoms with van der Waals surface area (Å²) in [6, 6.07) is 26.6. The molecule has 0 saturated heterocycles. The van der Waals surface area contributed by atoms with Crippen LogP contribution < -0.4 is 14.3 Å². The van der Waals surface area contributed by atoms with Crippen molar-refractivity contribution in [1.29, 1.82) is 0 Å². The van der Waals surface area contributed by atoms with Crippen LogP contribution in [0.5, 0.6) is 0 Å². The first kappa shape index (κ1) is 46.7. The SMILES string of the molecule is Brc1ccccn1.CCC[CH2][Sn]([CH2]CCC)([CH2]CCC)[c]1ccccn1.CC[C@H](CO)Nc1nc(NCc2ccc(-c3ccccn3)cc2)c2ncn(C(C)C)c2n1. The van der Waals surface area contributed by atoms with Gasteiger partial charge in [0, 0.05) is 30.5 Å². The molecule has 0 saturated carbocycles. The van der Waals surface area contributed by atoms with E-state index in [4.69, 9.17) is 4.98 Å². The molecule has 310 valence electrons. The molecule has 3 N–H and O–H groups in total. The minimum atomic E-state index is -2.21. The smallest absolute Gasteiger partial charge is 0.227 e. The van der Waals surface area contributed by atoms with Crippen LogP contribution in [0.3, 0.4) is 0 Å². The molecule has 0 unspecified atom stereocenters. The molecule has 0 bridgehead atoms. The van der Waals surface area contributed by atoms with Gasteiger partial charge < -0.3 is 20.3 Å². The zero-order valence-corrected chi connectivity index (χ0v) is 39.9. The maximum absolute atomic E-state index is 9.57. The van der Waals surface area contributed by atoms with Gasteiger partial charge >= 0.3 is 124 Å². The maximum atomic E-state index is 9.57. The molecule has 10 nitrogen and oxygen atoms in total. The van der Waals surface area contributed by atoms with Crippen molar-refractivity contribution in [3.05, 3.63) is 114 Å². The third-order valence-electron chi connectivity index (χ3n) is 10.3. The van der Waals surface area contributed by atoms with E-state index in [1.807, 2.05) is 54.1 Å². The van der Waals surface area contributed by atoms with Crippen molar-refractivity contribution >= 4 is 60.9 Å². The summed E-state index contributed by atoms with van der Waals surface area (Å²) in [5, 5.41) is 16.2. The average molecular weight is 958 g/mol. The molecule has 58 heavy (non-hydrogen) atoms. The molecular weight excluding hydrogens is 893 g/mol. The number of rotatable bonds is 19. The van der Waals surface area contributed by atoms with Gasteiger partial charge in [0.2, 0.25) is 5.95 Å². The quantitative estimate of drug-likeness (QED) is 0.0537.